The molecule has 0 spiro atoms. The van der Waals surface area contributed by atoms with Crippen LogP contribution in [0.25, 0.3) is 11.1 Å². The Morgan fingerprint density at radius 2 is 1.63 bits per heavy atom. The van der Waals surface area contributed by atoms with E-state index >= 15 is 0 Å². The highest BCUT2D eigenvalue weighted by molar-refractivity contribution is 6.31. The number of carbonyl (C=O) groups excluding carboxylic acids is 1. The molecule has 0 aliphatic rings. The van der Waals surface area contributed by atoms with Crippen molar-refractivity contribution in [1.29, 1.82) is 0 Å². The summed E-state index contributed by atoms with van der Waals surface area (Å²) in [4.78, 5) is 11.1. The molecule has 0 unspecified atom stereocenters. The van der Waals surface area contributed by atoms with Gasteiger partial charge in [0.05, 0.1) is 14.2 Å². The number of ether oxygens (including phenoxy) is 2. The molecule has 0 radical (unpaired) electrons. The Kier molecular flexibility index (Phi) is 4.07. The van der Waals surface area contributed by atoms with Crippen LogP contribution in [0.3, 0.4) is 0 Å². The molecule has 0 heterocycles. The second-order valence-corrected chi connectivity index (χ2v) is 4.39. The van der Waals surface area contributed by atoms with E-state index in [0.717, 1.165) is 17.4 Å². The molecule has 2 aromatic carbocycles. The topological polar surface area (TPSA) is 35.5 Å². The van der Waals surface area contributed by atoms with Gasteiger partial charge in [0, 0.05) is 16.7 Å². The number of hydrogen-bond donors (Lipinski definition) is 0. The van der Waals surface area contributed by atoms with Crippen LogP contribution in [0, 0.1) is 0 Å². The number of halogens is 1. The third kappa shape index (κ3) is 2.88. The predicted octanol–water partition coefficient (Wildman–Crippen LogP) is 3.84. The number of rotatable bonds is 4. The molecule has 4 heteroatoms. The van der Waals surface area contributed by atoms with E-state index in [1.807, 2.05) is 12.1 Å². The Morgan fingerprint density at radius 1 is 1.00 bits per heavy atom. The normalized spacial score (nSPS) is 10.1. The minimum atomic E-state index is 0.569. The van der Waals surface area contributed by atoms with Crippen LogP contribution in [0.2, 0.25) is 5.02 Å². The summed E-state index contributed by atoms with van der Waals surface area (Å²) in [6.07, 6.45) is 0.803. The van der Waals surface area contributed by atoms with Gasteiger partial charge in [-0.25, -0.2) is 0 Å². The molecule has 0 bridgehead atoms. The number of carbonyl (C=O) groups is 1. The fourth-order valence-corrected chi connectivity index (χ4v) is 2.02. The van der Waals surface area contributed by atoms with Gasteiger partial charge in [-0.15, -0.1) is 0 Å². The van der Waals surface area contributed by atoms with Crippen LogP contribution < -0.4 is 9.47 Å². The fraction of sp³-hybridized carbons (Fsp3) is 0.133. The molecule has 2 aromatic rings. The first-order valence-corrected chi connectivity index (χ1v) is 6.04. The SMILES string of the molecule is COc1cc(OC)cc(-c2cc(Cl)ccc2C=O)c1. The van der Waals surface area contributed by atoms with Crippen molar-refractivity contribution in [3.05, 3.63) is 47.0 Å². The maximum Gasteiger partial charge on any atom is 0.150 e. The van der Waals surface area contributed by atoms with E-state index < -0.39 is 0 Å². The highest BCUT2D eigenvalue weighted by Gasteiger charge is 2.09. The summed E-state index contributed by atoms with van der Waals surface area (Å²) in [5.74, 6) is 1.32. The molecule has 0 saturated heterocycles. The van der Waals surface area contributed by atoms with Crippen molar-refractivity contribution in [2.24, 2.45) is 0 Å². The van der Waals surface area contributed by atoms with Crippen molar-refractivity contribution in [2.45, 2.75) is 0 Å². The van der Waals surface area contributed by atoms with Gasteiger partial charge in [-0.2, -0.15) is 0 Å². The molecule has 0 aliphatic heterocycles. The van der Waals surface area contributed by atoms with E-state index in [0.29, 0.717) is 22.1 Å². The van der Waals surface area contributed by atoms with Gasteiger partial charge >= 0.3 is 0 Å². The fourth-order valence-electron chi connectivity index (χ4n) is 1.84. The molecule has 0 N–H and O–H groups in total. The summed E-state index contributed by atoms with van der Waals surface area (Å²) in [6.45, 7) is 0. The molecule has 3 nitrogen and oxygen atoms in total. The van der Waals surface area contributed by atoms with Gasteiger partial charge in [0.25, 0.3) is 0 Å². The molecule has 0 atom stereocenters. The number of methoxy groups -OCH3 is 2. The molecule has 0 saturated carbocycles. The lowest BCUT2D eigenvalue weighted by atomic mass is 10.00. The largest absolute Gasteiger partial charge is 0.497 e. The van der Waals surface area contributed by atoms with Gasteiger partial charge in [-0.05, 0) is 41.5 Å². The van der Waals surface area contributed by atoms with Crippen LogP contribution in [0.4, 0.5) is 0 Å². The zero-order chi connectivity index (χ0) is 13.8. The summed E-state index contributed by atoms with van der Waals surface area (Å²) in [5.41, 5.74) is 2.14. The highest BCUT2D eigenvalue weighted by Crippen LogP contribution is 2.32. The average Bonchev–Trinajstić information content (AvgIpc) is 2.46. The van der Waals surface area contributed by atoms with E-state index in [2.05, 4.69) is 0 Å². The Morgan fingerprint density at radius 3 is 2.16 bits per heavy atom. The summed E-state index contributed by atoms with van der Waals surface area (Å²) < 4.78 is 10.4. The van der Waals surface area contributed by atoms with E-state index in [-0.39, 0.29) is 0 Å². The zero-order valence-corrected chi connectivity index (χ0v) is 11.4. The van der Waals surface area contributed by atoms with E-state index in [9.17, 15) is 4.79 Å². The van der Waals surface area contributed by atoms with Crippen molar-refractivity contribution >= 4 is 17.9 Å². The zero-order valence-electron chi connectivity index (χ0n) is 10.6. The third-order valence-corrected chi connectivity index (χ3v) is 3.04. The maximum absolute atomic E-state index is 11.1. The van der Waals surface area contributed by atoms with Crippen molar-refractivity contribution < 1.29 is 14.3 Å². The Bertz CT molecular complexity index is 586. The summed E-state index contributed by atoms with van der Waals surface area (Å²) in [6, 6.07) is 10.6. The molecule has 98 valence electrons. The third-order valence-electron chi connectivity index (χ3n) is 2.80. The number of benzene rings is 2. The first kappa shape index (κ1) is 13.4. The predicted molar refractivity (Wildman–Crippen MR) is 75.4 cm³/mol. The minimum absolute atomic E-state index is 0.569. The summed E-state index contributed by atoms with van der Waals surface area (Å²) in [7, 11) is 3.16. The monoisotopic (exact) mass is 276 g/mol. The van der Waals surface area contributed by atoms with Crippen LogP contribution in [-0.2, 0) is 0 Å². The minimum Gasteiger partial charge on any atom is -0.497 e. The van der Waals surface area contributed by atoms with Crippen molar-refractivity contribution in [1.82, 2.24) is 0 Å². The average molecular weight is 277 g/mol. The Balaban J connectivity index is 2.63. The summed E-state index contributed by atoms with van der Waals surface area (Å²) >= 11 is 5.99. The van der Waals surface area contributed by atoms with Crippen LogP contribution in [0.5, 0.6) is 11.5 Å². The second-order valence-electron chi connectivity index (χ2n) is 3.95. The van der Waals surface area contributed by atoms with Crippen molar-refractivity contribution in [3.63, 3.8) is 0 Å². The van der Waals surface area contributed by atoms with Crippen LogP contribution in [0.1, 0.15) is 10.4 Å². The highest BCUT2D eigenvalue weighted by atomic mass is 35.5. The first-order chi connectivity index (χ1) is 9.17. The molecule has 0 aromatic heterocycles. The van der Waals surface area contributed by atoms with Gasteiger partial charge in [-0.3, -0.25) is 4.79 Å². The van der Waals surface area contributed by atoms with Gasteiger partial charge in [0.2, 0.25) is 0 Å². The number of hydrogen-bond acceptors (Lipinski definition) is 3. The van der Waals surface area contributed by atoms with Crippen LogP contribution in [0.15, 0.2) is 36.4 Å². The van der Waals surface area contributed by atoms with Gasteiger partial charge in [0.15, 0.2) is 6.29 Å². The lowest BCUT2D eigenvalue weighted by Gasteiger charge is -2.10. The van der Waals surface area contributed by atoms with E-state index in [1.165, 1.54) is 0 Å². The van der Waals surface area contributed by atoms with Gasteiger partial charge in [0.1, 0.15) is 11.5 Å². The lowest BCUT2D eigenvalue weighted by molar-refractivity contribution is 0.112. The second kappa shape index (κ2) is 5.76. The molecular weight excluding hydrogens is 264 g/mol. The standard InChI is InChI=1S/C15H13ClO3/c1-18-13-5-11(6-14(8-13)19-2)15-7-12(16)4-3-10(15)9-17/h3-9H,1-2H3. The first-order valence-electron chi connectivity index (χ1n) is 5.66. The van der Waals surface area contributed by atoms with Crippen molar-refractivity contribution in [2.75, 3.05) is 14.2 Å². The molecule has 19 heavy (non-hydrogen) atoms. The Labute approximate surface area is 116 Å². The summed E-state index contributed by atoms with van der Waals surface area (Å²) in [5, 5.41) is 0.572. The molecule has 2 rings (SSSR count). The lowest BCUT2D eigenvalue weighted by Crippen LogP contribution is -1.91. The van der Waals surface area contributed by atoms with E-state index in [4.69, 9.17) is 21.1 Å². The van der Waals surface area contributed by atoms with E-state index in [1.54, 1.807) is 38.5 Å². The molecule has 0 fully saturated rings. The van der Waals surface area contributed by atoms with Crippen molar-refractivity contribution in [3.8, 4) is 22.6 Å². The number of aldehydes is 1. The van der Waals surface area contributed by atoms with Gasteiger partial charge < -0.3 is 9.47 Å². The molecule has 0 amide bonds. The smallest absolute Gasteiger partial charge is 0.150 e. The molecular formula is C15H13ClO3. The van der Waals surface area contributed by atoms with Crippen LogP contribution >= 0.6 is 11.6 Å². The Hall–Kier alpha value is -2.00. The maximum atomic E-state index is 11.1. The van der Waals surface area contributed by atoms with Crippen LogP contribution in [-0.4, -0.2) is 20.5 Å². The molecule has 0 aliphatic carbocycles. The van der Waals surface area contributed by atoms with Gasteiger partial charge in [-0.1, -0.05) is 11.6 Å². The quantitative estimate of drug-likeness (QED) is 0.796.